The number of rotatable bonds is 4. The maximum Gasteiger partial charge on any atom is 0.0861 e. The van der Waals surface area contributed by atoms with Crippen molar-refractivity contribution in [3.8, 4) is 0 Å². The summed E-state index contributed by atoms with van der Waals surface area (Å²) in [6, 6.07) is 7.81. The van der Waals surface area contributed by atoms with E-state index in [2.05, 4.69) is 21.9 Å². The molecule has 1 aromatic carbocycles. The minimum absolute atomic E-state index is 0.894. The Labute approximate surface area is 83.9 Å². The van der Waals surface area contributed by atoms with E-state index in [1.165, 1.54) is 6.20 Å². The van der Waals surface area contributed by atoms with Crippen molar-refractivity contribution in [2.75, 3.05) is 12.4 Å². The van der Waals surface area contributed by atoms with E-state index in [-0.39, 0.29) is 0 Å². The molecule has 0 aliphatic heterocycles. The van der Waals surface area contributed by atoms with Gasteiger partial charge in [-0.15, -0.1) is 0 Å². The van der Waals surface area contributed by atoms with Gasteiger partial charge in [-0.2, -0.15) is 0 Å². The largest absolute Gasteiger partial charge is 0.386 e. The van der Waals surface area contributed by atoms with Gasteiger partial charge in [0.2, 0.25) is 0 Å². The Balaban J connectivity index is 2.79. The SMILES string of the molecule is C=CN=CC=Nc1ccccc1NC. The smallest absolute Gasteiger partial charge is 0.0861 e. The molecular formula is C11H13N3. The van der Waals surface area contributed by atoms with Crippen LogP contribution in [0.5, 0.6) is 0 Å². The van der Waals surface area contributed by atoms with Gasteiger partial charge in [0.05, 0.1) is 11.4 Å². The van der Waals surface area contributed by atoms with Crippen LogP contribution in [0.1, 0.15) is 0 Å². The van der Waals surface area contributed by atoms with Gasteiger partial charge in [-0.05, 0) is 12.1 Å². The average Bonchev–Trinajstić information content (AvgIpc) is 2.25. The van der Waals surface area contributed by atoms with E-state index in [9.17, 15) is 0 Å². The monoisotopic (exact) mass is 187 g/mol. The first kappa shape index (κ1) is 10.2. The molecule has 0 heterocycles. The Morgan fingerprint density at radius 3 is 2.79 bits per heavy atom. The Hall–Kier alpha value is -1.90. The molecule has 0 unspecified atom stereocenters. The highest BCUT2D eigenvalue weighted by Gasteiger charge is 1.93. The van der Waals surface area contributed by atoms with Crippen molar-refractivity contribution in [2.24, 2.45) is 9.98 Å². The lowest BCUT2D eigenvalue weighted by Gasteiger charge is -2.02. The van der Waals surface area contributed by atoms with Gasteiger partial charge < -0.3 is 5.32 Å². The second kappa shape index (κ2) is 5.70. The molecule has 0 aliphatic carbocycles. The van der Waals surface area contributed by atoms with Crippen LogP contribution >= 0.6 is 0 Å². The molecule has 1 aromatic rings. The molecule has 0 saturated heterocycles. The van der Waals surface area contributed by atoms with Gasteiger partial charge >= 0.3 is 0 Å². The van der Waals surface area contributed by atoms with E-state index in [1.54, 1.807) is 12.4 Å². The van der Waals surface area contributed by atoms with Gasteiger partial charge in [0, 0.05) is 25.7 Å². The summed E-state index contributed by atoms with van der Waals surface area (Å²) in [6.45, 7) is 3.47. The van der Waals surface area contributed by atoms with Gasteiger partial charge in [0.15, 0.2) is 0 Å². The van der Waals surface area contributed by atoms with Gasteiger partial charge in [-0.25, -0.2) is 0 Å². The first-order valence-corrected chi connectivity index (χ1v) is 4.32. The van der Waals surface area contributed by atoms with E-state index in [4.69, 9.17) is 0 Å². The first-order valence-electron chi connectivity index (χ1n) is 4.32. The maximum atomic E-state index is 4.23. The summed E-state index contributed by atoms with van der Waals surface area (Å²) in [5.74, 6) is 0. The molecule has 0 aliphatic rings. The molecule has 3 nitrogen and oxygen atoms in total. The molecule has 72 valence electrons. The quantitative estimate of drug-likeness (QED) is 0.723. The molecule has 14 heavy (non-hydrogen) atoms. The zero-order chi connectivity index (χ0) is 10.2. The third-order valence-corrected chi connectivity index (χ3v) is 1.65. The second-order valence-corrected chi connectivity index (χ2v) is 2.53. The summed E-state index contributed by atoms with van der Waals surface area (Å²) in [6.07, 6.45) is 4.70. The summed E-state index contributed by atoms with van der Waals surface area (Å²) in [4.78, 5) is 8.04. The molecule has 0 bridgehead atoms. The molecule has 0 saturated carbocycles. The molecular weight excluding hydrogens is 174 g/mol. The summed E-state index contributed by atoms with van der Waals surface area (Å²) in [7, 11) is 1.87. The molecule has 1 rings (SSSR count). The van der Waals surface area contributed by atoms with Crippen LogP contribution in [-0.4, -0.2) is 19.5 Å². The molecule has 1 N–H and O–H groups in total. The van der Waals surface area contributed by atoms with Crippen LogP contribution in [0, 0.1) is 0 Å². The highest BCUT2D eigenvalue weighted by Crippen LogP contribution is 2.22. The van der Waals surface area contributed by atoms with Crippen LogP contribution in [0.3, 0.4) is 0 Å². The summed E-state index contributed by atoms with van der Waals surface area (Å²) in [5, 5.41) is 3.06. The fraction of sp³-hybridized carbons (Fsp3) is 0.0909. The lowest BCUT2D eigenvalue weighted by Crippen LogP contribution is -1.87. The predicted molar refractivity (Wildman–Crippen MR) is 62.8 cm³/mol. The van der Waals surface area contributed by atoms with Crippen molar-refractivity contribution in [1.82, 2.24) is 0 Å². The van der Waals surface area contributed by atoms with Crippen LogP contribution in [0.25, 0.3) is 0 Å². The van der Waals surface area contributed by atoms with E-state index >= 15 is 0 Å². The number of para-hydroxylation sites is 2. The van der Waals surface area contributed by atoms with Gasteiger partial charge in [-0.1, -0.05) is 18.7 Å². The Kier molecular flexibility index (Phi) is 4.14. The topological polar surface area (TPSA) is 36.8 Å². The zero-order valence-corrected chi connectivity index (χ0v) is 8.14. The Morgan fingerprint density at radius 1 is 1.29 bits per heavy atom. The molecule has 0 atom stereocenters. The molecule has 0 spiro atoms. The van der Waals surface area contributed by atoms with Crippen LogP contribution < -0.4 is 5.32 Å². The van der Waals surface area contributed by atoms with Crippen molar-refractivity contribution in [3.05, 3.63) is 37.0 Å². The number of hydrogen-bond acceptors (Lipinski definition) is 3. The van der Waals surface area contributed by atoms with E-state index in [0.717, 1.165) is 11.4 Å². The minimum Gasteiger partial charge on any atom is -0.386 e. The number of nitrogens with one attached hydrogen (secondary N) is 1. The fourth-order valence-corrected chi connectivity index (χ4v) is 1.01. The summed E-state index contributed by atoms with van der Waals surface area (Å²) in [5.41, 5.74) is 1.89. The normalized spacial score (nSPS) is 10.9. The molecule has 0 amide bonds. The molecule has 0 radical (unpaired) electrons. The molecule has 0 aromatic heterocycles. The maximum absolute atomic E-state index is 4.23. The first-order chi connectivity index (χ1) is 6.88. The summed E-state index contributed by atoms with van der Waals surface area (Å²) < 4.78 is 0. The highest BCUT2D eigenvalue weighted by atomic mass is 14.9. The Morgan fingerprint density at radius 2 is 2.07 bits per heavy atom. The van der Waals surface area contributed by atoms with Crippen LogP contribution in [0.4, 0.5) is 11.4 Å². The van der Waals surface area contributed by atoms with Crippen molar-refractivity contribution in [3.63, 3.8) is 0 Å². The van der Waals surface area contributed by atoms with Crippen molar-refractivity contribution in [2.45, 2.75) is 0 Å². The molecule has 0 fully saturated rings. The van der Waals surface area contributed by atoms with Crippen LogP contribution in [0.2, 0.25) is 0 Å². The average molecular weight is 187 g/mol. The van der Waals surface area contributed by atoms with Gasteiger partial charge in [-0.3, -0.25) is 9.98 Å². The van der Waals surface area contributed by atoms with E-state index < -0.39 is 0 Å². The van der Waals surface area contributed by atoms with Crippen molar-refractivity contribution in [1.29, 1.82) is 0 Å². The zero-order valence-electron chi connectivity index (χ0n) is 8.14. The highest BCUT2D eigenvalue weighted by molar-refractivity contribution is 6.17. The van der Waals surface area contributed by atoms with Gasteiger partial charge in [0.25, 0.3) is 0 Å². The lowest BCUT2D eigenvalue weighted by atomic mass is 10.3. The summed E-state index contributed by atoms with van der Waals surface area (Å²) >= 11 is 0. The van der Waals surface area contributed by atoms with E-state index in [0.29, 0.717) is 0 Å². The van der Waals surface area contributed by atoms with Crippen LogP contribution in [-0.2, 0) is 0 Å². The van der Waals surface area contributed by atoms with Crippen molar-refractivity contribution < 1.29 is 0 Å². The standard InChI is InChI=1S/C11H13N3/c1-3-13-8-9-14-11-7-5-4-6-10(11)12-2/h3-9,12H,1H2,2H3. The number of benzene rings is 1. The third kappa shape index (κ3) is 2.86. The van der Waals surface area contributed by atoms with Crippen LogP contribution in [0.15, 0.2) is 47.0 Å². The Bertz CT molecular complexity index is 353. The minimum atomic E-state index is 0.894. The fourth-order valence-electron chi connectivity index (χ4n) is 1.01. The third-order valence-electron chi connectivity index (χ3n) is 1.65. The number of hydrogen-bond donors (Lipinski definition) is 1. The second-order valence-electron chi connectivity index (χ2n) is 2.53. The van der Waals surface area contributed by atoms with E-state index in [1.807, 2.05) is 31.3 Å². The number of anilines is 1. The van der Waals surface area contributed by atoms with Gasteiger partial charge in [0.1, 0.15) is 0 Å². The molecule has 3 heteroatoms. The lowest BCUT2D eigenvalue weighted by molar-refractivity contribution is 1.46. The van der Waals surface area contributed by atoms with Crippen molar-refractivity contribution >= 4 is 23.8 Å². The number of aliphatic imine (C=N–C) groups is 2. The number of nitrogens with zero attached hydrogens (tertiary/aromatic N) is 2. The predicted octanol–water partition coefficient (Wildman–Crippen LogP) is 2.64.